The number of rotatable bonds is 7. The Balaban J connectivity index is 1.45. The van der Waals surface area contributed by atoms with E-state index in [1.165, 1.54) is 13.2 Å². The van der Waals surface area contributed by atoms with E-state index in [0.717, 1.165) is 36.8 Å². The summed E-state index contributed by atoms with van der Waals surface area (Å²) in [5.41, 5.74) is 2.86. The van der Waals surface area contributed by atoms with Crippen LogP contribution in [0.5, 0.6) is 17.4 Å². The number of aliphatic hydroxyl groups excluding tert-OH is 1. The molecule has 40 heavy (non-hydrogen) atoms. The Morgan fingerprint density at radius 3 is 2.65 bits per heavy atom. The number of aliphatic hydroxyl groups is 1. The number of aromatic nitrogens is 4. The van der Waals surface area contributed by atoms with Gasteiger partial charge in [0.05, 0.1) is 37.0 Å². The number of methoxy groups -OCH3 is 1. The molecule has 1 aliphatic rings. The number of piperidine rings is 1. The van der Waals surface area contributed by atoms with Gasteiger partial charge >= 0.3 is 0 Å². The molecule has 0 aliphatic carbocycles. The second-order valence-electron chi connectivity index (χ2n) is 9.69. The molecule has 9 nitrogen and oxygen atoms in total. The molecule has 4 heterocycles. The molecule has 1 saturated heterocycles. The smallest absolute Gasteiger partial charge is 0.219 e. The summed E-state index contributed by atoms with van der Waals surface area (Å²) in [6.07, 6.45) is 4.89. The van der Waals surface area contributed by atoms with E-state index in [1.54, 1.807) is 48.8 Å². The van der Waals surface area contributed by atoms with Crippen LogP contribution in [0.15, 0.2) is 60.9 Å². The number of fused-ring (bicyclic) bond motifs is 3. The summed E-state index contributed by atoms with van der Waals surface area (Å²) in [6, 6.07) is 16.1. The lowest BCUT2D eigenvalue weighted by Crippen LogP contribution is -2.35. The summed E-state index contributed by atoms with van der Waals surface area (Å²) in [5, 5.41) is 20.0. The van der Waals surface area contributed by atoms with Gasteiger partial charge in [0.15, 0.2) is 0 Å². The molecule has 0 unspecified atom stereocenters. The standard InChI is InChI=1S/C30H27FN6O3/c1-39-27-14-20(40-29-4-2-3-10-33-29)5-6-21(27)22-15-23-25(16-24(22)31)34-17-26-30(23)37(28(18-38)35-26)19-7-11-36(12-8-19)13-9-32/h2-6,10,14-17,19,38H,7-8,11-13,18H2,1H3. The van der Waals surface area contributed by atoms with Gasteiger partial charge in [-0.1, -0.05) is 6.07 Å². The zero-order valence-electron chi connectivity index (χ0n) is 21.9. The summed E-state index contributed by atoms with van der Waals surface area (Å²) in [6.45, 7) is 1.72. The van der Waals surface area contributed by atoms with Crippen molar-refractivity contribution in [1.82, 2.24) is 24.4 Å². The molecule has 6 rings (SSSR count). The van der Waals surface area contributed by atoms with Gasteiger partial charge < -0.3 is 19.1 Å². The van der Waals surface area contributed by atoms with Crippen LogP contribution in [0.4, 0.5) is 4.39 Å². The minimum Gasteiger partial charge on any atom is -0.496 e. The van der Waals surface area contributed by atoms with Gasteiger partial charge in [-0.05, 0) is 37.1 Å². The topological polar surface area (TPSA) is 109 Å². The number of imidazole rings is 1. The van der Waals surface area contributed by atoms with Gasteiger partial charge in [-0.15, -0.1) is 0 Å². The third kappa shape index (κ3) is 4.70. The molecule has 0 atom stereocenters. The first kappa shape index (κ1) is 25.7. The van der Waals surface area contributed by atoms with Crippen molar-refractivity contribution >= 4 is 21.9 Å². The van der Waals surface area contributed by atoms with E-state index in [4.69, 9.17) is 14.7 Å². The van der Waals surface area contributed by atoms with Gasteiger partial charge in [-0.25, -0.2) is 14.4 Å². The molecule has 0 radical (unpaired) electrons. The molecule has 1 fully saturated rings. The van der Waals surface area contributed by atoms with Crippen molar-refractivity contribution in [3.63, 3.8) is 0 Å². The first-order valence-corrected chi connectivity index (χ1v) is 13.1. The molecule has 10 heteroatoms. The van der Waals surface area contributed by atoms with Crippen LogP contribution >= 0.6 is 0 Å². The van der Waals surface area contributed by atoms with Crippen molar-refractivity contribution in [2.24, 2.45) is 0 Å². The second kappa shape index (κ2) is 10.9. The molecular formula is C30H27FN6O3. The summed E-state index contributed by atoms with van der Waals surface area (Å²) < 4.78 is 29.1. The first-order chi connectivity index (χ1) is 19.6. The van der Waals surface area contributed by atoms with Gasteiger partial charge in [-0.3, -0.25) is 9.88 Å². The second-order valence-corrected chi connectivity index (χ2v) is 9.69. The lowest BCUT2D eigenvalue weighted by Gasteiger charge is -2.32. The van der Waals surface area contributed by atoms with Crippen LogP contribution in [-0.4, -0.2) is 56.3 Å². The van der Waals surface area contributed by atoms with E-state index < -0.39 is 5.82 Å². The molecule has 5 aromatic rings. The monoisotopic (exact) mass is 538 g/mol. The molecule has 0 saturated carbocycles. The highest BCUT2D eigenvalue weighted by Crippen LogP contribution is 2.39. The van der Waals surface area contributed by atoms with E-state index in [-0.39, 0.29) is 12.6 Å². The summed E-state index contributed by atoms with van der Waals surface area (Å²) in [5.74, 6) is 1.50. The minimum absolute atomic E-state index is 0.0822. The van der Waals surface area contributed by atoms with Crippen molar-refractivity contribution < 1.29 is 19.0 Å². The Bertz CT molecular complexity index is 1730. The van der Waals surface area contributed by atoms with E-state index in [2.05, 4.69) is 30.5 Å². The predicted octanol–water partition coefficient (Wildman–Crippen LogP) is 5.24. The number of hydrogen-bond donors (Lipinski definition) is 1. The van der Waals surface area contributed by atoms with Crippen molar-refractivity contribution in [1.29, 1.82) is 5.26 Å². The van der Waals surface area contributed by atoms with Gasteiger partial charge in [-0.2, -0.15) is 5.26 Å². The van der Waals surface area contributed by atoms with Gasteiger partial charge in [0.25, 0.3) is 0 Å². The van der Waals surface area contributed by atoms with Crippen molar-refractivity contribution in [3.05, 3.63) is 72.6 Å². The van der Waals surface area contributed by atoms with Crippen molar-refractivity contribution in [3.8, 4) is 34.6 Å². The third-order valence-electron chi connectivity index (χ3n) is 7.36. The zero-order valence-corrected chi connectivity index (χ0v) is 21.9. The third-order valence-corrected chi connectivity index (χ3v) is 7.36. The molecule has 2 aromatic carbocycles. The fraction of sp³-hybridized carbons (Fsp3) is 0.267. The van der Waals surface area contributed by atoms with Crippen LogP contribution in [0, 0.1) is 17.1 Å². The Kier molecular flexibility index (Phi) is 6.99. The van der Waals surface area contributed by atoms with Crippen LogP contribution in [0.25, 0.3) is 33.1 Å². The first-order valence-electron chi connectivity index (χ1n) is 13.1. The zero-order chi connectivity index (χ0) is 27.6. The van der Waals surface area contributed by atoms with Crippen LogP contribution in [0.2, 0.25) is 0 Å². The summed E-state index contributed by atoms with van der Waals surface area (Å²) in [4.78, 5) is 15.4. The number of nitrogens with zero attached hydrogens (tertiary/aromatic N) is 6. The van der Waals surface area contributed by atoms with E-state index in [1.807, 2.05) is 6.07 Å². The number of hydrogen-bond acceptors (Lipinski definition) is 8. The number of nitriles is 1. The van der Waals surface area contributed by atoms with E-state index in [0.29, 0.717) is 51.9 Å². The van der Waals surface area contributed by atoms with Crippen LogP contribution < -0.4 is 9.47 Å². The Hall–Kier alpha value is -4.59. The molecule has 202 valence electrons. The maximum Gasteiger partial charge on any atom is 0.219 e. The normalized spacial score (nSPS) is 14.4. The molecule has 0 bridgehead atoms. The quantitative estimate of drug-likeness (QED) is 0.280. The highest BCUT2D eigenvalue weighted by molar-refractivity contribution is 6.04. The highest BCUT2D eigenvalue weighted by atomic mass is 19.1. The van der Waals surface area contributed by atoms with E-state index >= 15 is 4.39 Å². The molecule has 1 aliphatic heterocycles. The average Bonchev–Trinajstić information content (AvgIpc) is 3.37. The fourth-order valence-electron chi connectivity index (χ4n) is 5.48. The summed E-state index contributed by atoms with van der Waals surface area (Å²) in [7, 11) is 1.53. The number of halogens is 1. The molecule has 0 spiro atoms. The highest BCUT2D eigenvalue weighted by Gasteiger charge is 2.26. The molecule has 1 N–H and O–H groups in total. The van der Waals surface area contributed by atoms with Crippen molar-refractivity contribution in [2.75, 3.05) is 26.7 Å². The molecular weight excluding hydrogens is 511 g/mol. The number of benzene rings is 2. The van der Waals surface area contributed by atoms with Gasteiger partial charge in [0.2, 0.25) is 5.88 Å². The lowest BCUT2D eigenvalue weighted by molar-refractivity contribution is 0.196. The minimum atomic E-state index is -0.436. The average molecular weight is 539 g/mol. The molecule has 3 aromatic heterocycles. The van der Waals surface area contributed by atoms with Crippen LogP contribution in [0.1, 0.15) is 24.7 Å². The SMILES string of the molecule is COc1cc(Oc2ccccn2)ccc1-c1cc2c(cc1F)ncc1nc(CO)n(C3CCN(CC#N)CC3)c12. The van der Waals surface area contributed by atoms with Crippen LogP contribution in [-0.2, 0) is 6.61 Å². The van der Waals surface area contributed by atoms with E-state index in [9.17, 15) is 5.11 Å². The number of pyridine rings is 2. The Morgan fingerprint density at radius 2 is 1.93 bits per heavy atom. The fourth-order valence-corrected chi connectivity index (χ4v) is 5.48. The Morgan fingerprint density at radius 1 is 1.07 bits per heavy atom. The maximum absolute atomic E-state index is 15.6. The largest absolute Gasteiger partial charge is 0.496 e. The van der Waals surface area contributed by atoms with Gasteiger partial charge in [0.1, 0.15) is 35.3 Å². The predicted molar refractivity (Wildman–Crippen MR) is 148 cm³/mol. The van der Waals surface area contributed by atoms with Crippen molar-refractivity contribution in [2.45, 2.75) is 25.5 Å². The van der Waals surface area contributed by atoms with Crippen LogP contribution in [0.3, 0.4) is 0 Å². The molecule has 0 amide bonds. The van der Waals surface area contributed by atoms with Gasteiger partial charge in [0, 0.05) is 60.0 Å². The number of ether oxygens (including phenoxy) is 2. The Labute approximate surface area is 230 Å². The maximum atomic E-state index is 15.6. The number of likely N-dealkylation sites (tertiary alicyclic amines) is 1. The summed E-state index contributed by atoms with van der Waals surface area (Å²) >= 11 is 0. The lowest BCUT2D eigenvalue weighted by atomic mass is 10.00.